The van der Waals surface area contributed by atoms with Crippen LogP contribution in [0.5, 0.6) is 0 Å². The number of carboxylic acids is 1. The van der Waals surface area contributed by atoms with Gasteiger partial charge in [-0.2, -0.15) is 0 Å². The number of hydrogen-bond acceptors (Lipinski definition) is 3. The lowest BCUT2D eigenvalue weighted by Crippen LogP contribution is -2.49. The Balaban J connectivity index is 1.60. The molecule has 1 aromatic carbocycles. The third-order valence-corrected chi connectivity index (χ3v) is 5.35. The normalized spacial score (nSPS) is 26.0. The van der Waals surface area contributed by atoms with Gasteiger partial charge in [-0.1, -0.05) is 31.5 Å². The average Bonchev–Trinajstić information content (AvgIpc) is 3.10. The number of carbonyl (C=O) groups excluding carboxylic acids is 1. The highest BCUT2D eigenvalue weighted by atomic mass is 16.4. The van der Waals surface area contributed by atoms with Gasteiger partial charge in [0.05, 0.1) is 11.8 Å². The maximum atomic E-state index is 12.6. The van der Waals surface area contributed by atoms with Crippen LogP contribution in [0.4, 0.5) is 5.69 Å². The minimum Gasteiger partial charge on any atom is -0.481 e. The first kappa shape index (κ1) is 15.8. The fourth-order valence-corrected chi connectivity index (χ4v) is 3.70. The summed E-state index contributed by atoms with van der Waals surface area (Å²) in [6.07, 6.45) is 0. The Bertz CT molecular complexity index is 616. The second-order valence-corrected chi connectivity index (χ2v) is 7.26. The van der Waals surface area contributed by atoms with E-state index in [0.717, 1.165) is 13.1 Å². The van der Waals surface area contributed by atoms with Crippen LogP contribution in [-0.4, -0.2) is 48.1 Å². The molecule has 5 heteroatoms. The van der Waals surface area contributed by atoms with Gasteiger partial charge >= 0.3 is 5.97 Å². The van der Waals surface area contributed by atoms with Crippen molar-refractivity contribution in [1.82, 2.24) is 4.90 Å². The smallest absolute Gasteiger partial charge is 0.307 e. The Morgan fingerprint density at radius 2 is 1.61 bits per heavy atom. The van der Waals surface area contributed by atoms with Crippen molar-refractivity contribution in [1.29, 1.82) is 0 Å². The van der Waals surface area contributed by atoms with E-state index in [4.69, 9.17) is 0 Å². The van der Waals surface area contributed by atoms with Crippen LogP contribution in [0, 0.1) is 24.2 Å². The van der Waals surface area contributed by atoms with Crippen molar-refractivity contribution < 1.29 is 14.7 Å². The van der Waals surface area contributed by atoms with Gasteiger partial charge in [-0.25, -0.2) is 0 Å². The molecule has 1 aliphatic heterocycles. The van der Waals surface area contributed by atoms with Crippen LogP contribution in [0.25, 0.3) is 0 Å². The molecule has 1 saturated heterocycles. The summed E-state index contributed by atoms with van der Waals surface area (Å²) in [4.78, 5) is 28.0. The third kappa shape index (κ3) is 2.80. The molecule has 124 valence electrons. The standard InChI is InChI=1S/C18H24N2O3/c1-12-4-6-13(7-5-12)19-8-10-20(11-9-19)16(21)14-15(17(22)23)18(14,2)3/h4-7,14-15H,8-11H2,1-3H3,(H,22,23). The van der Waals surface area contributed by atoms with Crippen molar-refractivity contribution in [2.24, 2.45) is 17.3 Å². The van der Waals surface area contributed by atoms with Crippen molar-refractivity contribution in [3.8, 4) is 0 Å². The van der Waals surface area contributed by atoms with Gasteiger partial charge in [0.25, 0.3) is 0 Å². The lowest BCUT2D eigenvalue weighted by molar-refractivity contribution is -0.142. The Morgan fingerprint density at radius 3 is 2.09 bits per heavy atom. The maximum Gasteiger partial charge on any atom is 0.307 e. The monoisotopic (exact) mass is 316 g/mol. The molecule has 1 saturated carbocycles. The van der Waals surface area contributed by atoms with Crippen molar-refractivity contribution in [2.75, 3.05) is 31.1 Å². The number of rotatable bonds is 3. The zero-order chi connectivity index (χ0) is 16.8. The summed E-state index contributed by atoms with van der Waals surface area (Å²) in [6.45, 7) is 8.71. The molecular formula is C18H24N2O3. The Morgan fingerprint density at radius 1 is 1.04 bits per heavy atom. The number of benzene rings is 1. The van der Waals surface area contributed by atoms with Gasteiger partial charge in [-0.05, 0) is 24.5 Å². The molecule has 2 fully saturated rings. The Kier molecular flexibility index (Phi) is 3.82. The molecule has 1 heterocycles. The number of aryl methyl sites for hydroxylation is 1. The highest BCUT2D eigenvalue weighted by Crippen LogP contribution is 2.59. The predicted octanol–water partition coefficient (Wildman–Crippen LogP) is 2.00. The van der Waals surface area contributed by atoms with Crippen molar-refractivity contribution in [3.05, 3.63) is 29.8 Å². The van der Waals surface area contributed by atoms with E-state index in [1.165, 1.54) is 11.3 Å². The summed E-state index contributed by atoms with van der Waals surface area (Å²) in [5.74, 6) is -1.76. The molecule has 1 amide bonds. The van der Waals surface area contributed by atoms with Crippen LogP contribution in [0.3, 0.4) is 0 Å². The molecule has 0 aromatic heterocycles. The SMILES string of the molecule is Cc1ccc(N2CCN(C(=O)C3C(C(=O)O)C3(C)C)CC2)cc1. The van der Waals surface area contributed by atoms with E-state index >= 15 is 0 Å². The highest BCUT2D eigenvalue weighted by molar-refractivity contribution is 5.91. The molecule has 2 unspecified atom stereocenters. The first-order valence-electron chi connectivity index (χ1n) is 8.15. The van der Waals surface area contributed by atoms with Crippen molar-refractivity contribution >= 4 is 17.6 Å². The molecule has 1 aliphatic carbocycles. The average molecular weight is 316 g/mol. The molecule has 0 spiro atoms. The van der Waals surface area contributed by atoms with Gasteiger partial charge in [-0.3, -0.25) is 9.59 Å². The predicted molar refractivity (Wildman–Crippen MR) is 88.4 cm³/mol. The number of carbonyl (C=O) groups is 2. The van der Waals surface area contributed by atoms with Gasteiger partial charge in [-0.15, -0.1) is 0 Å². The molecule has 2 aliphatic rings. The number of hydrogen-bond donors (Lipinski definition) is 1. The Labute approximate surface area is 136 Å². The quantitative estimate of drug-likeness (QED) is 0.926. The summed E-state index contributed by atoms with van der Waals surface area (Å²) in [6, 6.07) is 8.41. The summed E-state index contributed by atoms with van der Waals surface area (Å²) < 4.78 is 0. The summed E-state index contributed by atoms with van der Waals surface area (Å²) in [5.41, 5.74) is 1.99. The number of anilines is 1. The molecule has 1 N–H and O–H groups in total. The maximum absolute atomic E-state index is 12.6. The minimum absolute atomic E-state index is 0.00551. The molecule has 5 nitrogen and oxygen atoms in total. The lowest BCUT2D eigenvalue weighted by Gasteiger charge is -2.36. The fraction of sp³-hybridized carbons (Fsp3) is 0.556. The zero-order valence-electron chi connectivity index (χ0n) is 14.0. The fourth-order valence-electron chi connectivity index (χ4n) is 3.70. The van der Waals surface area contributed by atoms with Crippen LogP contribution in [0.1, 0.15) is 19.4 Å². The number of amides is 1. The first-order valence-corrected chi connectivity index (χ1v) is 8.15. The van der Waals surface area contributed by atoms with E-state index in [1.807, 2.05) is 18.7 Å². The van der Waals surface area contributed by atoms with Gasteiger partial charge in [0.2, 0.25) is 5.91 Å². The largest absolute Gasteiger partial charge is 0.481 e. The highest BCUT2D eigenvalue weighted by Gasteiger charge is 2.66. The molecule has 3 rings (SSSR count). The Hall–Kier alpha value is -2.04. The lowest BCUT2D eigenvalue weighted by atomic mass is 10.1. The van der Waals surface area contributed by atoms with E-state index in [2.05, 4.69) is 36.1 Å². The summed E-state index contributed by atoms with van der Waals surface area (Å²) >= 11 is 0. The van der Waals surface area contributed by atoms with E-state index in [1.54, 1.807) is 0 Å². The van der Waals surface area contributed by atoms with Gasteiger partial charge in [0.15, 0.2) is 0 Å². The van der Waals surface area contributed by atoms with Crippen LogP contribution in [0.2, 0.25) is 0 Å². The van der Waals surface area contributed by atoms with E-state index in [0.29, 0.717) is 13.1 Å². The van der Waals surface area contributed by atoms with Crippen LogP contribution in [-0.2, 0) is 9.59 Å². The minimum atomic E-state index is -0.855. The molecular weight excluding hydrogens is 292 g/mol. The van der Waals surface area contributed by atoms with E-state index in [-0.39, 0.29) is 11.8 Å². The van der Waals surface area contributed by atoms with Crippen LogP contribution < -0.4 is 4.90 Å². The molecule has 1 aromatic rings. The van der Waals surface area contributed by atoms with Crippen LogP contribution in [0.15, 0.2) is 24.3 Å². The van der Waals surface area contributed by atoms with Crippen molar-refractivity contribution in [2.45, 2.75) is 20.8 Å². The van der Waals surface area contributed by atoms with Crippen LogP contribution >= 0.6 is 0 Å². The number of carboxylic acid groups (broad SMARTS) is 1. The van der Waals surface area contributed by atoms with Gasteiger partial charge < -0.3 is 14.9 Å². The number of piperazine rings is 1. The summed E-state index contributed by atoms with van der Waals surface area (Å²) in [7, 11) is 0. The van der Waals surface area contributed by atoms with Gasteiger partial charge in [0, 0.05) is 31.9 Å². The molecule has 0 radical (unpaired) electrons. The van der Waals surface area contributed by atoms with E-state index in [9.17, 15) is 14.7 Å². The molecule has 0 bridgehead atoms. The first-order chi connectivity index (χ1) is 10.8. The van der Waals surface area contributed by atoms with Crippen molar-refractivity contribution in [3.63, 3.8) is 0 Å². The topological polar surface area (TPSA) is 60.9 Å². The zero-order valence-corrected chi connectivity index (χ0v) is 14.0. The number of nitrogens with zero attached hydrogens (tertiary/aromatic N) is 2. The molecule has 23 heavy (non-hydrogen) atoms. The third-order valence-electron chi connectivity index (χ3n) is 5.35. The molecule has 2 atom stereocenters. The van der Waals surface area contributed by atoms with Gasteiger partial charge in [0.1, 0.15) is 0 Å². The van der Waals surface area contributed by atoms with E-state index < -0.39 is 17.3 Å². The second kappa shape index (κ2) is 5.55. The summed E-state index contributed by atoms with van der Waals surface area (Å²) in [5, 5.41) is 9.24. The second-order valence-electron chi connectivity index (χ2n) is 7.26. The number of aliphatic carboxylic acids is 1.